The smallest absolute Gasteiger partial charge is 0.241 e. The predicted molar refractivity (Wildman–Crippen MR) is 75.5 cm³/mol. The van der Waals surface area contributed by atoms with Crippen LogP contribution in [0.15, 0.2) is 29.2 Å². The predicted octanol–water partition coefficient (Wildman–Crippen LogP) is 2.42. The van der Waals surface area contributed by atoms with E-state index in [9.17, 15) is 13.2 Å². The zero-order valence-corrected chi connectivity index (χ0v) is 12.2. The molecule has 0 saturated carbocycles. The maximum absolute atomic E-state index is 12.1. The quantitative estimate of drug-likeness (QED) is 0.588. The fourth-order valence-electron chi connectivity index (χ4n) is 1.75. The van der Waals surface area contributed by atoms with Gasteiger partial charge in [-0.15, -0.1) is 0 Å². The highest BCUT2D eigenvalue weighted by molar-refractivity contribution is 7.89. The molecule has 4 nitrogen and oxygen atoms in total. The van der Waals surface area contributed by atoms with Crippen molar-refractivity contribution in [2.75, 3.05) is 0 Å². The summed E-state index contributed by atoms with van der Waals surface area (Å²) in [5.74, 6) is 0. The summed E-state index contributed by atoms with van der Waals surface area (Å²) in [4.78, 5) is 11.1. The first-order valence-corrected chi connectivity index (χ1v) is 8.02. The number of carbonyl (C=O) groups excluding carboxylic acids is 1. The van der Waals surface area contributed by atoms with Gasteiger partial charge in [0.2, 0.25) is 10.0 Å². The molecular weight excluding hydrogens is 262 g/mol. The van der Waals surface area contributed by atoms with Gasteiger partial charge in [0.25, 0.3) is 0 Å². The molecule has 0 aliphatic rings. The summed E-state index contributed by atoms with van der Waals surface area (Å²) in [5.41, 5.74) is 0.994. The first kappa shape index (κ1) is 15.9. The summed E-state index contributed by atoms with van der Waals surface area (Å²) in [5, 5.41) is 0. The van der Waals surface area contributed by atoms with Crippen LogP contribution in [0.4, 0.5) is 0 Å². The Bertz CT molecular complexity index is 494. The Morgan fingerprint density at radius 2 is 1.84 bits per heavy atom. The summed E-state index contributed by atoms with van der Waals surface area (Å²) in [6.45, 7) is 3.95. The van der Waals surface area contributed by atoms with Crippen LogP contribution in [0.25, 0.3) is 0 Å². The molecule has 0 spiro atoms. The summed E-state index contributed by atoms with van der Waals surface area (Å²) >= 11 is 0. The molecule has 0 fully saturated rings. The molecule has 1 aromatic rings. The highest BCUT2D eigenvalue weighted by Gasteiger charge is 2.19. The summed E-state index contributed by atoms with van der Waals surface area (Å²) < 4.78 is 26.6. The number of rotatable bonds is 8. The number of benzene rings is 1. The molecule has 0 radical (unpaired) electrons. The van der Waals surface area contributed by atoms with Gasteiger partial charge in [0.1, 0.15) is 6.29 Å². The van der Waals surface area contributed by atoms with E-state index in [1.807, 2.05) is 6.92 Å². The molecule has 0 aliphatic heterocycles. The molecule has 1 rings (SSSR count). The average molecular weight is 283 g/mol. The van der Waals surface area contributed by atoms with Crippen molar-refractivity contribution in [3.8, 4) is 0 Å². The lowest BCUT2D eigenvalue weighted by Crippen LogP contribution is -2.35. The summed E-state index contributed by atoms with van der Waals surface area (Å²) in [6, 6.07) is 5.93. The number of nitrogens with one attached hydrogen (secondary N) is 1. The number of aryl methyl sites for hydroxylation is 1. The van der Waals surface area contributed by atoms with Crippen LogP contribution in [0.1, 0.15) is 38.2 Å². The number of sulfonamides is 1. The molecule has 19 heavy (non-hydrogen) atoms. The number of hydrogen-bond donors (Lipinski definition) is 1. The zero-order chi connectivity index (χ0) is 14.3. The first-order valence-electron chi connectivity index (χ1n) is 6.54. The Hall–Kier alpha value is -1.20. The molecule has 0 unspecified atom stereocenters. The monoisotopic (exact) mass is 283 g/mol. The molecule has 5 heteroatoms. The van der Waals surface area contributed by atoms with Crippen molar-refractivity contribution < 1.29 is 13.2 Å². The normalized spacial score (nSPS) is 13.2. The average Bonchev–Trinajstić information content (AvgIpc) is 2.38. The Kier molecular flexibility index (Phi) is 6.18. The maximum Gasteiger partial charge on any atom is 0.241 e. The molecule has 1 aromatic carbocycles. The lowest BCUT2D eigenvalue weighted by atomic mass is 10.1. The van der Waals surface area contributed by atoms with Crippen molar-refractivity contribution in [2.45, 2.75) is 50.5 Å². The lowest BCUT2D eigenvalue weighted by molar-refractivity contribution is -0.109. The molecule has 1 atom stereocenters. The maximum atomic E-state index is 12.1. The van der Waals surface area contributed by atoms with E-state index in [0.29, 0.717) is 12.7 Å². The Morgan fingerprint density at radius 1 is 1.21 bits per heavy atom. The SMILES string of the molecule is CCCCC[C@H](C=O)NS(=O)(=O)c1ccc(C)cc1. The minimum atomic E-state index is -3.61. The molecule has 0 aromatic heterocycles. The van der Waals surface area contributed by atoms with Crippen LogP contribution in [0, 0.1) is 6.92 Å². The second-order valence-corrected chi connectivity index (χ2v) is 6.39. The van der Waals surface area contributed by atoms with Gasteiger partial charge in [-0.1, -0.05) is 43.9 Å². The van der Waals surface area contributed by atoms with Gasteiger partial charge < -0.3 is 4.79 Å². The minimum Gasteiger partial charge on any atom is -0.302 e. The van der Waals surface area contributed by atoms with E-state index in [0.717, 1.165) is 24.8 Å². The van der Waals surface area contributed by atoms with Gasteiger partial charge in [-0.3, -0.25) is 0 Å². The van der Waals surface area contributed by atoms with Crippen molar-refractivity contribution >= 4 is 16.3 Å². The van der Waals surface area contributed by atoms with Crippen molar-refractivity contribution in [2.24, 2.45) is 0 Å². The second kappa shape index (κ2) is 7.40. The topological polar surface area (TPSA) is 63.2 Å². The zero-order valence-electron chi connectivity index (χ0n) is 11.4. The van der Waals surface area contributed by atoms with Gasteiger partial charge in [-0.2, -0.15) is 0 Å². The van der Waals surface area contributed by atoms with Gasteiger partial charge in [0.05, 0.1) is 10.9 Å². The Labute approximate surface area is 115 Å². The van der Waals surface area contributed by atoms with E-state index >= 15 is 0 Å². The van der Waals surface area contributed by atoms with Crippen LogP contribution in [0.5, 0.6) is 0 Å². The van der Waals surface area contributed by atoms with Crippen LogP contribution in [-0.4, -0.2) is 20.7 Å². The van der Waals surface area contributed by atoms with Crippen molar-refractivity contribution in [1.29, 1.82) is 0 Å². The number of hydrogen-bond acceptors (Lipinski definition) is 3. The molecule has 0 bridgehead atoms. The number of unbranched alkanes of at least 4 members (excludes halogenated alkanes) is 2. The largest absolute Gasteiger partial charge is 0.302 e. The third-order valence-corrected chi connectivity index (χ3v) is 4.43. The molecule has 106 valence electrons. The van der Waals surface area contributed by atoms with Crippen LogP contribution >= 0.6 is 0 Å². The van der Waals surface area contributed by atoms with E-state index in [1.54, 1.807) is 24.3 Å². The molecular formula is C14H21NO3S. The van der Waals surface area contributed by atoms with Crippen molar-refractivity contribution in [3.63, 3.8) is 0 Å². The summed E-state index contributed by atoms with van der Waals surface area (Å²) in [6.07, 6.45) is 4.09. The highest BCUT2D eigenvalue weighted by Crippen LogP contribution is 2.11. The Balaban J connectivity index is 2.71. The third kappa shape index (κ3) is 5.12. The van der Waals surface area contributed by atoms with Crippen LogP contribution < -0.4 is 4.72 Å². The molecule has 0 saturated heterocycles. The van der Waals surface area contributed by atoms with Crippen LogP contribution in [0.2, 0.25) is 0 Å². The molecule has 0 aliphatic carbocycles. The van der Waals surface area contributed by atoms with Crippen molar-refractivity contribution in [3.05, 3.63) is 29.8 Å². The third-order valence-electron chi connectivity index (χ3n) is 2.92. The fraction of sp³-hybridized carbons (Fsp3) is 0.500. The van der Waals surface area contributed by atoms with Gasteiger partial charge in [-0.25, -0.2) is 13.1 Å². The van der Waals surface area contributed by atoms with E-state index in [-0.39, 0.29) is 4.90 Å². The van der Waals surface area contributed by atoms with Crippen LogP contribution in [-0.2, 0) is 14.8 Å². The fourth-order valence-corrected chi connectivity index (χ4v) is 2.96. The molecule has 0 heterocycles. The lowest BCUT2D eigenvalue weighted by Gasteiger charge is -2.13. The first-order chi connectivity index (χ1) is 8.99. The number of aldehydes is 1. The van der Waals surface area contributed by atoms with Gasteiger partial charge in [-0.05, 0) is 25.5 Å². The minimum absolute atomic E-state index is 0.195. The van der Waals surface area contributed by atoms with E-state index in [1.165, 1.54) is 0 Å². The summed E-state index contributed by atoms with van der Waals surface area (Å²) in [7, 11) is -3.61. The Morgan fingerprint density at radius 3 is 2.37 bits per heavy atom. The molecule has 1 N–H and O–H groups in total. The van der Waals surface area contributed by atoms with Gasteiger partial charge in [0, 0.05) is 0 Å². The standard InChI is InChI=1S/C14H21NO3S/c1-3-4-5-6-13(11-16)15-19(17,18)14-9-7-12(2)8-10-14/h7-11,13,15H,3-6H2,1-2H3/t13-/m1/s1. The number of carbonyl (C=O) groups is 1. The van der Waals surface area contributed by atoms with Gasteiger partial charge >= 0.3 is 0 Å². The second-order valence-electron chi connectivity index (χ2n) is 4.67. The van der Waals surface area contributed by atoms with E-state index < -0.39 is 16.1 Å². The van der Waals surface area contributed by atoms with Gasteiger partial charge in [0.15, 0.2) is 0 Å². The van der Waals surface area contributed by atoms with Crippen LogP contribution in [0.3, 0.4) is 0 Å². The molecule has 0 amide bonds. The van der Waals surface area contributed by atoms with E-state index in [2.05, 4.69) is 11.6 Å². The van der Waals surface area contributed by atoms with Crippen molar-refractivity contribution in [1.82, 2.24) is 4.72 Å². The van der Waals surface area contributed by atoms with E-state index in [4.69, 9.17) is 0 Å². The highest BCUT2D eigenvalue weighted by atomic mass is 32.2.